The first-order valence-corrected chi connectivity index (χ1v) is 13.0. The van der Waals surface area contributed by atoms with Gasteiger partial charge in [0, 0.05) is 48.6 Å². The molecule has 1 atom stereocenters. The maximum atomic E-state index is 11.3. The molecule has 158 valence electrons. The molecule has 28 heavy (non-hydrogen) atoms. The average molecular weight is 427 g/mol. The van der Waals surface area contributed by atoms with E-state index in [2.05, 4.69) is 53.6 Å². The fourth-order valence-corrected chi connectivity index (χ4v) is 4.62. The van der Waals surface area contributed by atoms with Gasteiger partial charge in [-0.05, 0) is 31.9 Å². The van der Waals surface area contributed by atoms with Crippen LogP contribution in [0.3, 0.4) is 0 Å². The second-order valence-electron chi connectivity index (χ2n) is 7.35. The molecule has 0 amide bonds. The molecule has 1 saturated heterocycles. The highest BCUT2D eigenvalue weighted by Gasteiger charge is 2.20. The Bertz CT molecular complexity index is 702. The van der Waals surface area contributed by atoms with Crippen molar-refractivity contribution in [2.75, 3.05) is 44.7 Å². The summed E-state index contributed by atoms with van der Waals surface area (Å²) in [6.45, 7) is 8.34. The minimum Gasteiger partial charge on any atom is -0.357 e. The molecule has 1 fully saturated rings. The van der Waals surface area contributed by atoms with Crippen LogP contribution >= 0.6 is 11.8 Å². The quantitative estimate of drug-likeness (QED) is 0.358. The first-order chi connectivity index (χ1) is 13.4. The van der Waals surface area contributed by atoms with Crippen LogP contribution in [0.1, 0.15) is 26.7 Å². The van der Waals surface area contributed by atoms with Gasteiger partial charge in [-0.1, -0.05) is 25.1 Å². The summed E-state index contributed by atoms with van der Waals surface area (Å²) < 4.78 is 22.7. The van der Waals surface area contributed by atoms with Crippen LogP contribution in [0.25, 0.3) is 0 Å². The average Bonchev–Trinajstić information content (AvgIpc) is 2.66. The number of sulfone groups is 1. The number of nitrogens with zero attached hydrogens (tertiary/aromatic N) is 2. The highest BCUT2D eigenvalue weighted by atomic mass is 32.2. The third kappa shape index (κ3) is 9.30. The van der Waals surface area contributed by atoms with Crippen molar-refractivity contribution in [3.8, 4) is 0 Å². The number of piperidine rings is 1. The van der Waals surface area contributed by atoms with E-state index in [1.165, 1.54) is 11.2 Å². The molecule has 1 heterocycles. The van der Waals surface area contributed by atoms with E-state index in [1.54, 1.807) is 0 Å². The number of hydrogen-bond donors (Lipinski definition) is 2. The summed E-state index contributed by atoms with van der Waals surface area (Å²) >= 11 is 1.84. The SMILES string of the molecule is CCNC(=NCC(C)Sc1ccccc1)NC1CCN(CCS(C)(=O)=O)CC1. The molecular formula is C20H34N4O2S2. The molecule has 1 aromatic carbocycles. The molecule has 0 aliphatic carbocycles. The van der Waals surface area contributed by atoms with Gasteiger partial charge < -0.3 is 15.5 Å². The lowest BCUT2D eigenvalue weighted by molar-refractivity contribution is 0.216. The van der Waals surface area contributed by atoms with Crippen molar-refractivity contribution in [1.82, 2.24) is 15.5 Å². The van der Waals surface area contributed by atoms with Crippen LogP contribution in [-0.2, 0) is 9.84 Å². The molecule has 8 heteroatoms. The van der Waals surface area contributed by atoms with Gasteiger partial charge in [0.2, 0.25) is 0 Å². The number of aliphatic imine (C=N–C) groups is 1. The Kier molecular flexibility index (Phi) is 9.61. The fraction of sp³-hybridized carbons (Fsp3) is 0.650. The van der Waals surface area contributed by atoms with Crippen molar-refractivity contribution in [2.45, 2.75) is 42.9 Å². The smallest absolute Gasteiger partial charge is 0.191 e. The van der Waals surface area contributed by atoms with Gasteiger partial charge in [0.15, 0.2) is 5.96 Å². The minimum absolute atomic E-state index is 0.242. The maximum absolute atomic E-state index is 11.3. The Hall–Kier alpha value is -1.25. The zero-order chi connectivity index (χ0) is 20.4. The Balaban J connectivity index is 1.78. The van der Waals surface area contributed by atoms with E-state index in [-0.39, 0.29) is 5.75 Å². The van der Waals surface area contributed by atoms with E-state index >= 15 is 0 Å². The fourth-order valence-electron chi connectivity index (χ4n) is 3.10. The lowest BCUT2D eigenvalue weighted by Crippen LogP contribution is -2.49. The van der Waals surface area contributed by atoms with E-state index in [9.17, 15) is 8.42 Å². The van der Waals surface area contributed by atoms with Crippen molar-refractivity contribution < 1.29 is 8.42 Å². The summed E-state index contributed by atoms with van der Waals surface area (Å²) in [4.78, 5) is 8.28. The molecule has 0 saturated carbocycles. The summed E-state index contributed by atoms with van der Waals surface area (Å²) in [5.41, 5.74) is 0. The van der Waals surface area contributed by atoms with Crippen LogP contribution in [0, 0.1) is 0 Å². The number of likely N-dealkylation sites (tertiary alicyclic amines) is 1. The molecule has 1 unspecified atom stereocenters. The summed E-state index contributed by atoms with van der Waals surface area (Å²) in [6.07, 6.45) is 3.31. The third-order valence-corrected chi connectivity index (χ3v) is 6.66. The first kappa shape index (κ1) is 23.0. The lowest BCUT2D eigenvalue weighted by atomic mass is 10.1. The Labute approximate surface area is 174 Å². The van der Waals surface area contributed by atoms with E-state index in [0.717, 1.165) is 45.0 Å². The number of hydrogen-bond acceptors (Lipinski definition) is 5. The third-order valence-electron chi connectivity index (χ3n) is 4.64. The molecule has 0 spiro atoms. The molecule has 2 rings (SSSR count). The Morgan fingerprint density at radius 1 is 1.29 bits per heavy atom. The molecule has 0 radical (unpaired) electrons. The highest BCUT2D eigenvalue weighted by Crippen LogP contribution is 2.22. The second-order valence-corrected chi connectivity index (χ2v) is 11.1. The predicted molar refractivity (Wildman–Crippen MR) is 120 cm³/mol. The van der Waals surface area contributed by atoms with Crippen molar-refractivity contribution in [2.24, 2.45) is 4.99 Å². The van der Waals surface area contributed by atoms with Crippen LogP contribution in [0.2, 0.25) is 0 Å². The van der Waals surface area contributed by atoms with Crippen LogP contribution < -0.4 is 10.6 Å². The lowest BCUT2D eigenvalue weighted by Gasteiger charge is -2.33. The summed E-state index contributed by atoms with van der Waals surface area (Å²) in [6, 6.07) is 10.8. The normalized spacial score (nSPS) is 18.0. The van der Waals surface area contributed by atoms with Crippen LogP contribution in [0.5, 0.6) is 0 Å². The van der Waals surface area contributed by atoms with Crippen LogP contribution in [0.4, 0.5) is 0 Å². The van der Waals surface area contributed by atoms with Gasteiger partial charge in [0.05, 0.1) is 12.3 Å². The van der Waals surface area contributed by atoms with E-state index in [0.29, 0.717) is 17.8 Å². The molecule has 6 nitrogen and oxygen atoms in total. The molecule has 2 N–H and O–H groups in total. The van der Waals surface area contributed by atoms with E-state index in [1.807, 2.05) is 17.8 Å². The molecule has 0 aromatic heterocycles. The predicted octanol–water partition coefficient (Wildman–Crippen LogP) is 2.23. The maximum Gasteiger partial charge on any atom is 0.191 e. The number of guanidine groups is 1. The van der Waals surface area contributed by atoms with Crippen molar-refractivity contribution in [1.29, 1.82) is 0 Å². The molecular weight excluding hydrogens is 392 g/mol. The molecule has 1 aromatic rings. The van der Waals surface area contributed by atoms with Crippen molar-refractivity contribution >= 4 is 27.6 Å². The highest BCUT2D eigenvalue weighted by molar-refractivity contribution is 8.00. The zero-order valence-corrected chi connectivity index (χ0v) is 18.9. The molecule has 1 aliphatic heterocycles. The van der Waals surface area contributed by atoms with Gasteiger partial charge in [-0.25, -0.2) is 8.42 Å². The van der Waals surface area contributed by atoms with Gasteiger partial charge >= 0.3 is 0 Å². The van der Waals surface area contributed by atoms with Gasteiger partial charge in [-0.2, -0.15) is 0 Å². The topological polar surface area (TPSA) is 73.8 Å². The summed E-state index contributed by atoms with van der Waals surface area (Å²) in [7, 11) is -2.89. The number of nitrogens with one attached hydrogen (secondary N) is 2. The van der Waals surface area contributed by atoms with Gasteiger partial charge in [0.25, 0.3) is 0 Å². The van der Waals surface area contributed by atoms with Gasteiger partial charge in [-0.3, -0.25) is 4.99 Å². The van der Waals surface area contributed by atoms with Gasteiger partial charge in [-0.15, -0.1) is 11.8 Å². The second kappa shape index (κ2) is 11.7. The standard InChI is InChI=1S/C20H34N4O2S2/c1-4-21-20(22-16-17(2)27-19-8-6-5-7-9-19)23-18-10-12-24(13-11-18)14-15-28(3,25)26/h5-9,17-18H,4,10-16H2,1-3H3,(H2,21,22,23). The minimum atomic E-state index is -2.89. The van der Waals surface area contributed by atoms with Gasteiger partial charge in [0.1, 0.15) is 9.84 Å². The number of benzene rings is 1. The van der Waals surface area contributed by atoms with Crippen LogP contribution in [0.15, 0.2) is 40.2 Å². The molecule has 1 aliphatic rings. The number of rotatable bonds is 9. The van der Waals surface area contributed by atoms with Crippen LogP contribution in [-0.4, -0.2) is 75.3 Å². The zero-order valence-electron chi connectivity index (χ0n) is 17.2. The first-order valence-electron chi connectivity index (χ1n) is 10.0. The summed E-state index contributed by atoms with van der Waals surface area (Å²) in [5, 5.41) is 7.29. The van der Waals surface area contributed by atoms with Crippen molar-refractivity contribution in [3.05, 3.63) is 30.3 Å². The molecule has 0 bridgehead atoms. The summed E-state index contributed by atoms with van der Waals surface area (Å²) in [5.74, 6) is 1.12. The Morgan fingerprint density at radius 3 is 2.57 bits per heavy atom. The van der Waals surface area contributed by atoms with E-state index < -0.39 is 9.84 Å². The largest absolute Gasteiger partial charge is 0.357 e. The van der Waals surface area contributed by atoms with E-state index in [4.69, 9.17) is 4.99 Å². The Morgan fingerprint density at radius 2 is 1.96 bits per heavy atom. The van der Waals surface area contributed by atoms with Crippen molar-refractivity contribution in [3.63, 3.8) is 0 Å². The number of thioether (sulfide) groups is 1. The monoisotopic (exact) mass is 426 g/mol.